The van der Waals surface area contributed by atoms with Crippen LogP contribution in [-0.4, -0.2) is 59.3 Å². The number of aromatic nitrogens is 4. The molecule has 0 bridgehead atoms. The average Bonchev–Trinajstić information content (AvgIpc) is 3.18. The molecule has 2 aromatic heterocycles. The highest BCUT2D eigenvalue weighted by Gasteiger charge is 2.17. The number of H-pyrrole nitrogens is 1. The highest BCUT2D eigenvalue weighted by atomic mass is 35.5. The molecule has 172 valence electrons. The Morgan fingerprint density at radius 3 is 2.55 bits per heavy atom. The van der Waals surface area contributed by atoms with E-state index in [9.17, 15) is 4.39 Å². The summed E-state index contributed by atoms with van der Waals surface area (Å²) in [7, 11) is 6.12. The van der Waals surface area contributed by atoms with Gasteiger partial charge in [0.15, 0.2) is 11.5 Å². The van der Waals surface area contributed by atoms with Gasteiger partial charge in [0.25, 0.3) is 0 Å². The van der Waals surface area contributed by atoms with Gasteiger partial charge in [-0.25, -0.2) is 14.4 Å². The van der Waals surface area contributed by atoms with Gasteiger partial charge in [0.1, 0.15) is 11.6 Å². The van der Waals surface area contributed by atoms with E-state index >= 15 is 0 Å². The fraction of sp³-hybridized carbons (Fsp3) is 0.261. The zero-order chi connectivity index (χ0) is 23.5. The first kappa shape index (κ1) is 23.3. The van der Waals surface area contributed by atoms with Crippen LogP contribution in [0.3, 0.4) is 0 Å². The number of halogens is 2. The Kier molecular flexibility index (Phi) is 7.02. The fourth-order valence-electron chi connectivity index (χ4n) is 3.26. The van der Waals surface area contributed by atoms with Crippen molar-refractivity contribution in [2.45, 2.75) is 11.8 Å². The van der Waals surface area contributed by atoms with Gasteiger partial charge in [-0.1, -0.05) is 11.6 Å². The number of anilines is 2. The maximum atomic E-state index is 13.9. The van der Waals surface area contributed by atoms with E-state index in [4.69, 9.17) is 16.6 Å². The summed E-state index contributed by atoms with van der Waals surface area (Å²) < 4.78 is 17.1. The molecule has 7 nitrogen and oxygen atoms in total. The molecule has 4 aromatic rings. The Labute approximate surface area is 201 Å². The Morgan fingerprint density at radius 1 is 1.06 bits per heavy atom. The third kappa shape index (κ3) is 5.38. The van der Waals surface area contributed by atoms with Crippen LogP contribution in [0, 0.1) is 12.7 Å². The summed E-state index contributed by atoms with van der Waals surface area (Å²) in [6.45, 7) is 3.70. The first-order valence-electron chi connectivity index (χ1n) is 10.4. The molecule has 2 aromatic carbocycles. The van der Waals surface area contributed by atoms with Crippen LogP contribution < -0.4 is 9.62 Å². The first-order chi connectivity index (χ1) is 15.8. The van der Waals surface area contributed by atoms with Gasteiger partial charge in [-0.05, 0) is 75.4 Å². The molecular weight excluding hydrogens is 461 g/mol. The molecule has 0 radical (unpaired) electrons. The maximum absolute atomic E-state index is 13.9. The molecule has 2 heterocycles. The minimum Gasteiger partial charge on any atom is -0.358 e. The quantitative estimate of drug-likeness (QED) is 0.331. The number of aryl methyl sites for hydroxylation is 1. The van der Waals surface area contributed by atoms with Gasteiger partial charge < -0.3 is 14.5 Å². The Bertz CT molecular complexity index is 1260. The van der Waals surface area contributed by atoms with Gasteiger partial charge in [0.05, 0.1) is 10.3 Å². The number of benzene rings is 2. The van der Waals surface area contributed by atoms with Gasteiger partial charge in [-0.2, -0.15) is 5.10 Å². The summed E-state index contributed by atoms with van der Waals surface area (Å²) in [5.41, 5.74) is 3.26. The number of aromatic amines is 1. The van der Waals surface area contributed by atoms with E-state index < -0.39 is 0 Å². The summed E-state index contributed by atoms with van der Waals surface area (Å²) in [5.74, 6) is 1.12. The van der Waals surface area contributed by atoms with Crippen molar-refractivity contribution in [1.29, 1.82) is 0 Å². The van der Waals surface area contributed by atoms with Gasteiger partial charge in [-0.15, -0.1) is 0 Å². The van der Waals surface area contributed by atoms with Gasteiger partial charge >= 0.3 is 0 Å². The van der Waals surface area contributed by atoms with Crippen LogP contribution >= 0.6 is 23.5 Å². The minimum absolute atomic E-state index is 0.324. The number of likely N-dealkylation sites (N-methyl/N-ethyl adjacent to an activating group) is 2. The molecule has 10 heteroatoms. The van der Waals surface area contributed by atoms with Crippen LogP contribution in [-0.2, 0) is 0 Å². The molecule has 0 aliphatic carbocycles. The number of nitrogens with zero attached hydrogens (tertiary/aromatic N) is 5. The fourth-order valence-corrected chi connectivity index (χ4v) is 4.22. The Hall–Kier alpha value is -2.88. The lowest BCUT2D eigenvalue weighted by Crippen LogP contribution is -2.29. The van der Waals surface area contributed by atoms with E-state index in [2.05, 4.69) is 29.7 Å². The van der Waals surface area contributed by atoms with Crippen LogP contribution in [0.25, 0.3) is 22.4 Å². The predicted octanol–water partition coefficient (Wildman–Crippen LogP) is 5.24. The number of hydrogen-bond acceptors (Lipinski definition) is 7. The highest BCUT2D eigenvalue weighted by molar-refractivity contribution is 8.00. The monoisotopic (exact) mass is 485 g/mol. The van der Waals surface area contributed by atoms with Crippen LogP contribution in [0.4, 0.5) is 15.9 Å². The van der Waals surface area contributed by atoms with E-state index in [1.54, 1.807) is 6.07 Å². The minimum atomic E-state index is -0.324. The highest BCUT2D eigenvalue weighted by Crippen LogP contribution is 2.30. The number of rotatable bonds is 8. The Morgan fingerprint density at radius 2 is 1.82 bits per heavy atom. The zero-order valence-electron chi connectivity index (χ0n) is 18.9. The molecule has 0 saturated heterocycles. The second-order valence-corrected chi connectivity index (χ2v) is 9.28. The molecular formula is C23H25ClFN7S. The molecule has 0 fully saturated rings. The molecule has 0 saturated carbocycles. The van der Waals surface area contributed by atoms with Crippen molar-refractivity contribution in [3.63, 3.8) is 0 Å². The van der Waals surface area contributed by atoms with Gasteiger partial charge in [0.2, 0.25) is 0 Å². The predicted molar refractivity (Wildman–Crippen MR) is 135 cm³/mol. The summed E-state index contributed by atoms with van der Waals surface area (Å²) in [6.07, 6.45) is 0. The largest absolute Gasteiger partial charge is 0.358 e. The lowest BCUT2D eigenvalue weighted by molar-refractivity contribution is 0.416. The number of fused-ring (bicyclic) bond motifs is 1. The van der Waals surface area contributed by atoms with Crippen molar-refractivity contribution in [3.8, 4) is 11.4 Å². The lowest BCUT2D eigenvalue weighted by Gasteiger charge is -2.21. The van der Waals surface area contributed by atoms with Crippen molar-refractivity contribution in [3.05, 3.63) is 59.0 Å². The summed E-state index contributed by atoms with van der Waals surface area (Å²) >= 11 is 7.13. The average molecular weight is 486 g/mol. The maximum Gasteiger partial charge on any atom is 0.186 e. The topological polar surface area (TPSA) is 73.0 Å². The van der Waals surface area contributed by atoms with Crippen LogP contribution in [0.1, 0.15) is 5.69 Å². The summed E-state index contributed by atoms with van der Waals surface area (Å²) in [4.78, 5) is 14.2. The van der Waals surface area contributed by atoms with Gasteiger partial charge in [0, 0.05) is 42.1 Å². The van der Waals surface area contributed by atoms with E-state index in [1.165, 1.54) is 24.1 Å². The normalized spacial score (nSPS) is 11.4. The first-order valence-corrected chi connectivity index (χ1v) is 11.6. The molecule has 2 N–H and O–H groups in total. The molecule has 4 rings (SSSR count). The SMILES string of the molecule is Cc1[nH]nc2nc(-c3ccc(NSc4cc(Cl)ccc4F)cc3)nc(N(C)CCN(C)C)c12. The van der Waals surface area contributed by atoms with Crippen molar-refractivity contribution in [2.24, 2.45) is 0 Å². The standard InChI is InChI=1S/C23H25ClFN7S/c1-14-20-22(29-28-14)26-21(27-23(20)32(4)12-11-31(2)3)15-5-8-17(9-6-15)30-33-19-13-16(24)7-10-18(19)25/h5-10,13,30H,11-12H2,1-4H3,(H,26,27,28,29). The van der Waals surface area contributed by atoms with E-state index in [0.717, 1.165) is 41.2 Å². The van der Waals surface area contributed by atoms with Crippen molar-refractivity contribution in [1.82, 2.24) is 25.1 Å². The molecule has 0 amide bonds. The number of nitrogens with one attached hydrogen (secondary N) is 2. The van der Waals surface area contributed by atoms with Crippen molar-refractivity contribution >= 4 is 46.1 Å². The molecule has 0 unspecified atom stereocenters. The second kappa shape index (κ2) is 9.94. The van der Waals surface area contributed by atoms with E-state index in [1.807, 2.05) is 52.3 Å². The smallest absolute Gasteiger partial charge is 0.186 e. The number of hydrogen-bond donors (Lipinski definition) is 2. The third-order valence-corrected chi connectivity index (χ3v) is 6.24. The van der Waals surface area contributed by atoms with E-state index in [0.29, 0.717) is 21.4 Å². The third-order valence-electron chi connectivity index (χ3n) is 5.13. The van der Waals surface area contributed by atoms with Gasteiger partial charge in [-0.3, -0.25) is 5.10 Å². The van der Waals surface area contributed by atoms with Crippen molar-refractivity contribution in [2.75, 3.05) is 43.9 Å². The summed E-state index contributed by atoms with van der Waals surface area (Å²) in [5, 5.41) is 8.80. The lowest BCUT2D eigenvalue weighted by atomic mass is 10.2. The zero-order valence-corrected chi connectivity index (χ0v) is 20.4. The van der Waals surface area contributed by atoms with Crippen molar-refractivity contribution < 1.29 is 4.39 Å². The molecule has 0 spiro atoms. The van der Waals surface area contributed by atoms with Crippen LogP contribution in [0.15, 0.2) is 47.4 Å². The molecule has 33 heavy (non-hydrogen) atoms. The molecule has 0 aliphatic heterocycles. The molecule has 0 aliphatic rings. The summed E-state index contributed by atoms with van der Waals surface area (Å²) in [6, 6.07) is 12.1. The van der Waals surface area contributed by atoms with E-state index in [-0.39, 0.29) is 5.82 Å². The van der Waals surface area contributed by atoms with Crippen LogP contribution in [0.2, 0.25) is 5.02 Å². The molecule has 0 atom stereocenters. The Balaban J connectivity index is 1.57. The second-order valence-electron chi connectivity index (χ2n) is 8.00. The van der Waals surface area contributed by atoms with Crippen LogP contribution in [0.5, 0.6) is 0 Å².